The molecule has 0 aliphatic carbocycles. The minimum Gasteiger partial charge on any atom is -0.493 e. The molecule has 1 aromatic carbocycles. The van der Waals surface area contributed by atoms with Crippen LogP contribution >= 0.6 is 11.6 Å². The third-order valence-corrected chi connectivity index (χ3v) is 3.35. The average Bonchev–Trinajstić information content (AvgIpc) is 2.32. The highest BCUT2D eigenvalue weighted by atomic mass is 35.5. The Labute approximate surface area is 122 Å². The van der Waals surface area contributed by atoms with E-state index in [2.05, 4.69) is 39.8 Å². The van der Waals surface area contributed by atoms with E-state index < -0.39 is 0 Å². The molecule has 19 heavy (non-hydrogen) atoms. The van der Waals surface area contributed by atoms with Gasteiger partial charge < -0.3 is 4.74 Å². The van der Waals surface area contributed by atoms with Gasteiger partial charge in [0.2, 0.25) is 0 Å². The van der Waals surface area contributed by atoms with Crippen molar-refractivity contribution in [3.8, 4) is 5.75 Å². The number of hydrogen-bond acceptors (Lipinski definition) is 1. The zero-order valence-electron chi connectivity index (χ0n) is 12.7. The van der Waals surface area contributed by atoms with Crippen LogP contribution in [0.3, 0.4) is 0 Å². The molecule has 2 heteroatoms. The van der Waals surface area contributed by atoms with Gasteiger partial charge in [-0.05, 0) is 55.4 Å². The first kappa shape index (κ1) is 16.1. The van der Waals surface area contributed by atoms with E-state index in [1.165, 1.54) is 11.1 Å². The van der Waals surface area contributed by atoms with Crippen molar-refractivity contribution in [3.05, 3.63) is 40.4 Å². The lowest BCUT2D eigenvalue weighted by atomic mass is 9.94. The largest absolute Gasteiger partial charge is 0.493 e. The molecule has 1 atom stereocenters. The number of rotatable bonds is 6. The Hall–Kier alpha value is -0.950. The number of allylic oxidation sites excluding steroid dienone is 2. The summed E-state index contributed by atoms with van der Waals surface area (Å²) in [5, 5.41) is 0.801. The maximum Gasteiger partial charge on any atom is 0.126 e. The van der Waals surface area contributed by atoms with Crippen LogP contribution < -0.4 is 4.74 Å². The van der Waals surface area contributed by atoms with E-state index in [0.717, 1.165) is 17.2 Å². The van der Waals surface area contributed by atoms with Gasteiger partial charge in [0.25, 0.3) is 0 Å². The van der Waals surface area contributed by atoms with Gasteiger partial charge in [-0.2, -0.15) is 0 Å². The predicted octanol–water partition coefficient (Wildman–Crippen LogP) is 5.62. The number of halogens is 1. The predicted molar refractivity (Wildman–Crippen MR) is 84.4 cm³/mol. The van der Waals surface area contributed by atoms with Gasteiger partial charge in [0, 0.05) is 5.02 Å². The topological polar surface area (TPSA) is 9.23 Å². The van der Waals surface area contributed by atoms with E-state index >= 15 is 0 Å². The highest BCUT2D eigenvalue weighted by Gasteiger charge is 2.15. The lowest BCUT2D eigenvalue weighted by Gasteiger charge is -2.19. The molecule has 106 valence electrons. The highest BCUT2D eigenvalue weighted by molar-refractivity contribution is 6.30. The summed E-state index contributed by atoms with van der Waals surface area (Å²) in [6, 6.07) is 4.07. The van der Waals surface area contributed by atoms with Crippen molar-refractivity contribution in [2.24, 2.45) is 5.92 Å². The summed E-state index contributed by atoms with van der Waals surface area (Å²) < 4.78 is 5.88. The first-order valence-corrected chi connectivity index (χ1v) is 7.45. The first-order chi connectivity index (χ1) is 8.99. The van der Waals surface area contributed by atoms with Gasteiger partial charge >= 0.3 is 0 Å². The van der Waals surface area contributed by atoms with Crippen LogP contribution in [0.1, 0.15) is 51.7 Å². The smallest absolute Gasteiger partial charge is 0.126 e. The van der Waals surface area contributed by atoms with E-state index in [1.807, 2.05) is 19.1 Å². The molecule has 0 aliphatic rings. The molecule has 0 aromatic heterocycles. The second-order valence-corrected chi connectivity index (χ2v) is 5.71. The second-order valence-electron chi connectivity index (χ2n) is 5.28. The van der Waals surface area contributed by atoms with Gasteiger partial charge in [0.05, 0.1) is 6.61 Å². The zero-order chi connectivity index (χ0) is 14.4. The Kier molecular flexibility index (Phi) is 6.44. The lowest BCUT2D eigenvalue weighted by Crippen LogP contribution is -2.05. The quantitative estimate of drug-likeness (QED) is 0.615. The zero-order valence-corrected chi connectivity index (χ0v) is 13.4. The SMILES string of the molecule is C/C=C\C(C)Cc1cc(Cl)cc(C(C)C)c1OCC. The van der Waals surface area contributed by atoms with Crippen molar-refractivity contribution >= 4 is 11.6 Å². The highest BCUT2D eigenvalue weighted by Crippen LogP contribution is 2.35. The Morgan fingerprint density at radius 3 is 2.47 bits per heavy atom. The number of ether oxygens (including phenoxy) is 1. The molecule has 0 bridgehead atoms. The summed E-state index contributed by atoms with van der Waals surface area (Å²) in [6.45, 7) is 11.3. The van der Waals surface area contributed by atoms with Crippen molar-refractivity contribution in [2.45, 2.75) is 47.0 Å². The number of benzene rings is 1. The van der Waals surface area contributed by atoms with E-state index in [-0.39, 0.29) is 0 Å². The van der Waals surface area contributed by atoms with Crippen LogP contribution in [-0.2, 0) is 6.42 Å². The van der Waals surface area contributed by atoms with E-state index in [4.69, 9.17) is 16.3 Å². The molecule has 0 radical (unpaired) electrons. The van der Waals surface area contributed by atoms with Crippen LogP contribution in [0, 0.1) is 5.92 Å². The van der Waals surface area contributed by atoms with Crippen LogP contribution in [-0.4, -0.2) is 6.61 Å². The molecule has 1 unspecified atom stereocenters. The van der Waals surface area contributed by atoms with Gasteiger partial charge in [-0.3, -0.25) is 0 Å². The molecule has 0 aliphatic heterocycles. The fraction of sp³-hybridized carbons (Fsp3) is 0.529. The third kappa shape index (κ3) is 4.58. The third-order valence-electron chi connectivity index (χ3n) is 3.13. The van der Waals surface area contributed by atoms with Gasteiger partial charge in [0.15, 0.2) is 0 Å². The summed E-state index contributed by atoms with van der Waals surface area (Å²) in [5.74, 6) is 1.93. The van der Waals surface area contributed by atoms with Crippen molar-refractivity contribution < 1.29 is 4.74 Å². The number of hydrogen-bond donors (Lipinski definition) is 0. The summed E-state index contributed by atoms with van der Waals surface area (Å²) in [4.78, 5) is 0. The lowest BCUT2D eigenvalue weighted by molar-refractivity contribution is 0.330. The molecule has 0 saturated carbocycles. The summed E-state index contributed by atoms with van der Waals surface area (Å²) in [7, 11) is 0. The molecule has 1 rings (SSSR count). The fourth-order valence-electron chi connectivity index (χ4n) is 2.32. The Bertz CT molecular complexity index is 435. The van der Waals surface area contributed by atoms with Crippen molar-refractivity contribution in [1.29, 1.82) is 0 Å². The average molecular weight is 281 g/mol. The molecule has 0 N–H and O–H groups in total. The van der Waals surface area contributed by atoms with E-state index in [9.17, 15) is 0 Å². The van der Waals surface area contributed by atoms with Crippen molar-refractivity contribution in [2.75, 3.05) is 6.61 Å². The molecule has 0 heterocycles. The van der Waals surface area contributed by atoms with Crippen LogP contribution in [0.2, 0.25) is 5.02 Å². The standard InChI is InChI=1S/C17H25ClO/c1-6-8-13(5)9-14-10-15(18)11-16(12(3)4)17(14)19-7-2/h6,8,10-13H,7,9H2,1-5H3/b8-6-. The van der Waals surface area contributed by atoms with Crippen molar-refractivity contribution in [3.63, 3.8) is 0 Å². The van der Waals surface area contributed by atoms with E-state index in [1.54, 1.807) is 0 Å². The molecule has 1 nitrogen and oxygen atoms in total. The first-order valence-electron chi connectivity index (χ1n) is 7.07. The van der Waals surface area contributed by atoms with Crippen LogP contribution in [0.15, 0.2) is 24.3 Å². The molecular formula is C17H25ClO. The Morgan fingerprint density at radius 1 is 1.26 bits per heavy atom. The van der Waals surface area contributed by atoms with Gasteiger partial charge in [0.1, 0.15) is 5.75 Å². The minimum absolute atomic E-state index is 0.413. The maximum atomic E-state index is 6.25. The monoisotopic (exact) mass is 280 g/mol. The van der Waals surface area contributed by atoms with E-state index in [0.29, 0.717) is 18.4 Å². The summed E-state index contributed by atoms with van der Waals surface area (Å²) >= 11 is 6.25. The van der Waals surface area contributed by atoms with Gasteiger partial charge in [-0.25, -0.2) is 0 Å². The Balaban J connectivity index is 3.19. The van der Waals surface area contributed by atoms with Crippen LogP contribution in [0.25, 0.3) is 0 Å². The minimum atomic E-state index is 0.413. The molecule has 0 saturated heterocycles. The molecule has 0 spiro atoms. The van der Waals surface area contributed by atoms with Gasteiger partial charge in [-0.1, -0.05) is 44.5 Å². The molecule has 1 aromatic rings. The molecular weight excluding hydrogens is 256 g/mol. The normalized spacial score (nSPS) is 13.2. The fourth-order valence-corrected chi connectivity index (χ4v) is 2.57. The summed E-state index contributed by atoms with van der Waals surface area (Å²) in [6.07, 6.45) is 5.27. The molecule has 0 amide bonds. The second kappa shape index (κ2) is 7.59. The summed E-state index contributed by atoms with van der Waals surface area (Å²) in [5.41, 5.74) is 2.42. The molecule has 0 fully saturated rings. The van der Waals surface area contributed by atoms with Crippen LogP contribution in [0.4, 0.5) is 0 Å². The van der Waals surface area contributed by atoms with Gasteiger partial charge in [-0.15, -0.1) is 0 Å². The Morgan fingerprint density at radius 2 is 1.95 bits per heavy atom. The van der Waals surface area contributed by atoms with Crippen molar-refractivity contribution in [1.82, 2.24) is 0 Å². The maximum absolute atomic E-state index is 6.25. The van der Waals surface area contributed by atoms with Crippen LogP contribution in [0.5, 0.6) is 5.75 Å².